The van der Waals surface area contributed by atoms with E-state index in [4.69, 9.17) is 21.4 Å². The van der Waals surface area contributed by atoms with Crippen LogP contribution in [0.2, 0.25) is 5.02 Å². The first-order valence-electron chi connectivity index (χ1n) is 5.46. The van der Waals surface area contributed by atoms with Gasteiger partial charge < -0.3 is 14.7 Å². The van der Waals surface area contributed by atoms with Crippen molar-refractivity contribution in [2.75, 3.05) is 31.2 Å². The summed E-state index contributed by atoms with van der Waals surface area (Å²) in [7, 11) is 0. The van der Waals surface area contributed by atoms with Gasteiger partial charge in [0.2, 0.25) is 0 Å². The molecule has 1 saturated heterocycles. The molecule has 0 aliphatic carbocycles. The molecule has 4 nitrogen and oxygen atoms in total. The summed E-state index contributed by atoms with van der Waals surface area (Å²) < 4.78 is 5.37. The molecule has 1 aliphatic rings. The van der Waals surface area contributed by atoms with Crippen LogP contribution in [0.4, 0.5) is 5.69 Å². The van der Waals surface area contributed by atoms with Crippen LogP contribution in [-0.2, 0) is 4.74 Å². The Labute approximate surface area is 105 Å². The Bertz CT molecular complexity index is 411. The van der Waals surface area contributed by atoms with Crippen molar-refractivity contribution in [3.63, 3.8) is 0 Å². The van der Waals surface area contributed by atoms with Gasteiger partial charge >= 0.3 is 0 Å². The van der Waals surface area contributed by atoms with Crippen LogP contribution in [0.15, 0.2) is 18.2 Å². The molecule has 1 aromatic rings. The fourth-order valence-electron chi connectivity index (χ4n) is 1.90. The first-order chi connectivity index (χ1) is 8.24. The minimum Gasteiger partial charge on any atom is -0.394 e. The van der Waals surface area contributed by atoms with E-state index in [1.54, 1.807) is 12.1 Å². The standard InChI is InChI=1S/C12H14ClNO3/c13-11-5-9(7-15)1-2-12(11)14-3-4-17-10(6-14)8-16/h1-2,5,7,10,16H,3-4,6,8H2. The first kappa shape index (κ1) is 12.4. The highest BCUT2D eigenvalue weighted by atomic mass is 35.5. The van der Waals surface area contributed by atoms with Gasteiger partial charge in [-0.3, -0.25) is 4.79 Å². The lowest BCUT2D eigenvalue weighted by atomic mass is 10.2. The van der Waals surface area contributed by atoms with Crippen LogP contribution in [0, 0.1) is 0 Å². The minimum absolute atomic E-state index is 0.000536. The molecule has 17 heavy (non-hydrogen) atoms. The Morgan fingerprint density at radius 1 is 1.59 bits per heavy atom. The highest BCUT2D eigenvalue weighted by molar-refractivity contribution is 6.33. The van der Waals surface area contributed by atoms with E-state index in [1.165, 1.54) is 0 Å². The molecular weight excluding hydrogens is 242 g/mol. The molecule has 1 fully saturated rings. The summed E-state index contributed by atoms with van der Waals surface area (Å²) in [5, 5.41) is 9.63. The maximum Gasteiger partial charge on any atom is 0.150 e. The van der Waals surface area contributed by atoms with E-state index in [2.05, 4.69) is 4.90 Å². The molecule has 0 spiro atoms. The summed E-state index contributed by atoms with van der Waals surface area (Å²) in [6, 6.07) is 5.21. The van der Waals surface area contributed by atoms with Crippen LogP contribution < -0.4 is 4.90 Å². The summed E-state index contributed by atoms with van der Waals surface area (Å²) in [5.74, 6) is 0. The van der Waals surface area contributed by atoms with Crippen molar-refractivity contribution >= 4 is 23.6 Å². The zero-order chi connectivity index (χ0) is 12.3. The summed E-state index contributed by atoms with van der Waals surface area (Å²) in [5.41, 5.74) is 1.43. The number of anilines is 1. The fourth-order valence-corrected chi connectivity index (χ4v) is 2.21. The van der Waals surface area contributed by atoms with E-state index in [1.807, 2.05) is 6.07 Å². The summed E-state index contributed by atoms with van der Waals surface area (Å²) >= 11 is 6.13. The maximum absolute atomic E-state index is 10.6. The smallest absolute Gasteiger partial charge is 0.150 e. The molecule has 1 aliphatic heterocycles. The number of aldehydes is 1. The number of carbonyl (C=O) groups is 1. The Balaban J connectivity index is 2.18. The molecule has 2 rings (SSSR count). The van der Waals surface area contributed by atoms with Gasteiger partial charge in [-0.05, 0) is 18.2 Å². The molecule has 1 aromatic carbocycles. The molecule has 0 amide bonds. The Morgan fingerprint density at radius 2 is 2.41 bits per heavy atom. The molecule has 0 bridgehead atoms. The predicted octanol–water partition coefficient (Wildman–Crippen LogP) is 1.35. The first-order valence-corrected chi connectivity index (χ1v) is 5.84. The van der Waals surface area contributed by atoms with Crippen LogP contribution in [-0.4, -0.2) is 43.8 Å². The van der Waals surface area contributed by atoms with Crippen molar-refractivity contribution in [3.05, 3.63) is 28.8 Å². The summed E-state index contributed by atoms with van der Waals surface area (Å²) in [6.45, 7) is 1.91. The molecule has 0 radical (unpaired) electrons. The van der Waals surface area contributed by atoms with Gasteiger partial charge in [0.25, 0.3) is 0 Å². The monoisotopic (exact) mass is 255 g/mol. The molecule has 1 N–H and O–H groups in total. The van der Waals surface area contributed by atoms with E-state index in [0.29, 0.717) is 23.7 Å². The second-order valence-electron chi connectivity index (χ2n) is 3.95. The van der Waals surface area contributed by atoms with Crippen LogP contribution in [0.25, 0.3) is 0 Å². The highest BCUT2D eigenvalue weighted by Gasteiger charge is 2.21. The lowest BCUT2D eigenvalue weighted by Gasteiger charge is -2.34. The average Bonchev–Trinajstić information content (AvgIpc) is 2.38. The molecule has 92 valence electrons. The van der Waals surface area contributed by atoms with Gasteiger partial charge in [-0.2, -0.15) is 0 Å². The number of ether oxygens (including phenoxy) is 1. The van der Waals surface area contributed by atoms with Gasteiger partial charge in [-0.1, -0.05) is 11.6 Å². The third kappa shape index (κ3) is 2.77. The number of hydrogen-bond donors (Lipinski definition) is 1. The SMILES string of the molecule is O=Cc1ccc(N2CCOC(CO)C2)c(Cl)c1. The van der Waals surface area contributed by atoms with Crippen molar-refractivity contribution in [2.24, 2.45) is 0 Å². The number of aliphatic hydroxyl groups excluding tert-OH is 1. The van der Waals surface area contributed by atoms with Crippen molar-refractivity contribution in [1.29, 1.82) is 0 Å². The van der Waals surface area contributed by atoms with E-state index < -0.39 is 0 Å². The third-order valence-corrected chi connectivity index (χ3v) is 3.09. The molecule has 1 heterocycles. The zero-order valence-corrected chi connectivity index (χ0v) is 10.1. The predicted molar refractivity (Wildman–Crippen MR) is 65.9 cm³/mol. The molecular formula is C12H14ClNO3. The topological polar surface area (TPSA) is 49.8 Å². The van der Waals surface area contributed by atoms with E-state index in [0.717, 1.165) is 18.5 Å². The largest absolute Gasteiger partial charge is 0.394 e. The van der Waals surface area contributed by atoms with Gasteiger partial charge in [0.15, 0.2) is 0 Å². The van der Waals surface area contributed by atoms with Crippen LogP contribution in [0.3, 0.4) is 0 Å². The average molecular weight is 256 g/mol. The quantitative estimate of drug-likeness (QED) is 0.829. The number of carbonyl (C=O) groups excluding carboxylic acids is 1. The Morgan fingerprint density at radius 3 is 3.06 bits per heavy atom. The van der Waals surface area contributed by atoms with Crippen molar-refractivity contribution in [3.8, 4) is 0 Å². The number of benzene rings is 1. The Kier molecular flexibility index (Phi) is 3.99. The number of morpholine rings is 1. The summed E-state index contributed by atoms with van der Waals surface area (Å²) in [6.07, 6.45) is 0.594. The number of halogens is 1. The minimum atomic E-state index is -0.175. The maximum atomic E-state index is 10.6. The molecule has 1 unspecified atom stereocenters. The van der Waals surface area contributed by atoms with Crippen LogP contribution in [0.5, 0.6) is 0 Å². The normalized spacial score (nSPS) is 20.4. The van der Waals surface area contributed by atoms with Crippen LogP contribution in [0.1, 0.15) is 10.4 Å². The lowest BCUT2D eigenvalue weighted by Crippen LogP contribution is -2.44. The Hall–Kier alpha value is -1.10. The molecule has 0 aromatic heterocycles. The third-order valence-electron chi connectivity index (χ3n) is 2.79. The van der Waals surface area contributed by atoms with Gasteiger partial charge in [-0.25, -0.2) is 0 Å². The second kappa shape index (κ2) is 5.49. The van der Waals surface area contributed by atoms with Gasteiger partial charge in [0, 0.05) is 18.7 Å². The fraction of sp³-hybridized carbons (Fsp3) is 0.417. The van der Waals surface area contributed by atoms with Crippen LogP contribution >= 0.6 is 11.6 Å². The van der Waals surface area contributed by atoms with E-state index in [9.17, 15) is 4.79 Å². The van der Waals surface area contributed by atoms with Gasteiger partial charge in [-0.15, -0.1) is 0 Å². The number of aliphatic hydroxyl groups is 1. The van der Waals surface area contributed by atoms with E-state index in [-0.39, 0.29) is 12.7 Å². The van der Waals surface area contributed by atoms with Crippen molar-refractivity contribution < 1.29 is 14.6 Å². The lowest BCUT2D eigenvalue weighted by molar-refractivity contribution is 0.00357. The summed E-state index contributed by atoms with van der Waals surface area (Å²) in [4.78, 5) is 12.7. The zero-order valence-electron chi connectivity index (χ0n) is 9.30. The molecule has 1 atom stereocenters. The van der Waals surface area contributed by atoms with Gasteiger partial charge in [0.05, 0.1) is 30.0 Å². The van der Waals surface area contributed by atoms with Crippen molar-refractivity contribution in [2.45, 2.75) is 6.10 Å². The van der Waals surface area contributed by atoms with E-state index >= 15 is 0 Å². The number of rotatable bonds is 3. The molecule has 5 heteroatoms. The van der Waals surface area contributed by atoms with Crippen molar-refractivity contribution in [1.82, 2.24) is 0 Å². The highest BCUT2D eigenvalue weighted by Crippen LogP contribution is 2.27. The van der Waals surface area contributed by atoms with Gasteiger partial charge in [0.1, 0.15) is 6.29 Å². The molecule has 0 saturated carbocycles. The number of nitrogens with zero attached hydrogens (tertiary/aromatic N) is 1. The second-order valence-corrected chi connectivity index (χ2v) is 4.36. The number of hydrogen-bond acceptors (Lipinski definition) is 4.